The number of rotatable bonds is 5. The normalized spacial score (nSPS) is 17.2. The van der Waals surface area contributed by atoms with Gasteiger partial charge < -0.3 is 10.4 Å². The molecular weight excluding hydrogens is 292 g/mol. The molecule has 0 bridgehead atoms. The molecule has 1 saturated carbocycles. The number of aromatic nitrogens is 1. The van der Waals surface area contributed by atoms with Crippen LogP contribution in [-0.2, 0) is 4.79 Å². The van der Waals surface area contributed by atoms with Crippen molar-refractivity contribution in [2.24, 2.45) is 5.41 Å². The van der Waals surface area contributed by atoms with Crippen LogP contribution in [-0.4, -0.2) is 28.5 Å². The SMILES string of the molecule is O=C(O)CC1(CNC(=O)c2ccc(Cl)nc2)CCCCC1. The molecule has 0 spiro atoms. The Kier molecular flexibility index (Phi) is 5.17. The molecule has 1 aliphatic carbocycles. The van der Waals surface area contributed by atoms with Crippen LogP contribution < -0.4 is 5.32 Å². The molecular formula is C15H19ClN2O3. The highest BCUT2D eigenvalue weighted by atomic mass is 35.5. The summed E-state index contributed by atoms with van der Waals surface area (Å²) in [6, 6.07) is 3.17. The summed E-state index contributed by atoms with van der Waals surface area (Å²) in [7, 11) is 0. The number of nitrogens with zero attached hydrogens (tertiary/aromatic N) is 1. The third-order valence-corrected chi connectivity index (χ3v) is 4.28. The number of amides is 1. The van der Waals surface area contributed by atoms with E-state index < -0.39 is 5.97 Å². The van der Waals surface area contributed by atoms with E-state index >= 15 is 0 Å². The molecule has 5 nitrogen and oxygen atoms in total. The zero-order valence-electron chi connectivity index (χ0n) is 11.8. The molecule has 6 heteroatoms. The summed E-state index contributed by atoms with van der Waals surface area (Å²) in [5.74, 6) is -1.05. The Hall–Kier alpha value is -1.62. The Bertz CT molecular complexity index is 510. The zero-order valence-corrected chi connectivity index (χ0v) is 12.5. The largest absolute Gasteiger partial charge is 0.481 e. The number of halogens is 1. The maximum Gasteiger partial charge on any atom is 0.303 e. The van der Waals surface area contributed by atoms with E-state index in [2.05, 4.69) is 10.3 Å². The number of aliphatic carboxylic acids is 1. The van der Waals surface area contributed by atoms with Crippen molar-refractivity contribution in [2.75, 3.05) is 6.54 Å². The van der Waals surface area contributed by atoms with Crippen molar-refractivity contribution in [2.45, 2.75) is 38.5 Å². The third-order valence-electron chi connectivity index (χ3n) is 4.05. The topological polar surface area (TPSA) is 79.3 Å². The van der Waals surface area contributed by atoms with Crippen molar-refractivity contribution in [3.05, 3.63) is 29.0 Å². The van der Waals surface area contributed by atoms with Crippen LogP contribution in [0.4, 0.5) is 0 Å². The van der Waals surface area contributed by atoms with Crippen molar-refractivity contribution in [1.29, 1.82) is 0 Å². The lowest BCUT2D eigenvalue weighted by Crippen LogP contribution is -2.40. The summed E-state index contributed by atoms with van der Waals surface area (Å²) >= 11 is 5.69. The number of hydrogen-bond donors (Lipinski definition) is 2. The first kappa shape index (κ1) is 15.8. The van der Waals surface area contributed by atoms with Gasteiger partial charge in [0.25, 0.3) is 5.91 Å². The molecule has 1 aliphatic rings. The van der Waals surface area contributed by atoms with Crippen molar-refractivity contribution in [1.82, 2.24) is 10.3 Å². The van der Waals surface area contributed by atoms with Gasteiger partial charge in [-0.25, -0.2) is 4.98 Å². The Morgan fingerprint density at radius 1 is 1.29 bits per heavy atom. The second kappa shape index (κ2) is 6.89. The minimum Gasteiger partial charge on any atom is -0.481 e. The molecule has 0 atom stereocenters. The monoisotopic (exact) mass is 310 g/mol. The summed E-state index contributed by atoms with van der Waals surface area (Å²) in [6.07, 6.45) is 6.39. The second-order valence-electron chi connectivity index (χ2n) is 5.68. The number of carboxylic acids is 1. The predicted molar refractivity (Wildman–Crippen MR) is 79.4 cm³/mol. The van der Waals surface area contributed by atoms with Gasteiger partial charge in [-0.3, -0.25) is 9.59 Å². The number of carbonyl (C=O) groups is 2. The van der Waals surface area contributed by atoms with Gasteiger partial charge in [0.2, 0.25) is 0 Å². The number of hydrogen-bond acceptors (Lipinski definition) is 3. The zero-order chi connectivity index (χ0) is 15.3. The fraction of sp³-hybridized carbons (Fsp3) is 0.533. The second-order valence-corrected chi connectivity index (χ2v) is 6.07. The average molecular weight is 311 g/mol. The number of nitrogens with one attached hydrogen (secondary N) is 1. The fourth-order valence-electron chi connectivity index (χ4n) is 2.92. The molecule has 1 heterocycles. The average Bonchev–Trinajstić information content (AvgIpc) is 2.46. The quantitative estimate of drug-likeness (QED) is 0.820. The van der Waals surface area contributed by atoms with Gasteiger partial charge in [0, 0.05) is 12.7 Å². The van der Waals surface area contributed by atoms with Gasteiger partial charge in [-0.2, -0.15) is 0 Å². The van der Waals surface area contributed by atoms with Gasteiger partial charge >= 0.3 is 5.97 Å². The molecule has 0 aromatic carbocycles. The maximum absolute atomic E-state index is 12.1. The molecule has 1 amide bonds. The minimum absolute atomic E-state index is 0.103. The molecule has 1 aromatic heterocycles. The van der Waals surface area contributed by atoms with E-state index in [4.69, 9.17) is 16.7 Å². The standard InChI is InChI=1S/C15H19ClN2O3/c16-12-5-4-11(9-17-12)14(21)18-10-15(8-13(19)20)6-2-1-3-7-15/h4-5,9H,1-3,6-8,10H2,(H,18,21)(H,19,20). The third kappa shape index (κ3) is 4.43. The molecule has 21 heavy (non-hydrogen) atoms. The van der Waals surface area contributed by atoms with Crippen LogP contribution in [0.25, 0.3) is 0 Å². The van der Waals surface area contributed by atoms with Crippen LogP contribution in [0.15, 0.2) is 18.3 Å². The Morgan fingerprint density at radius 3 is 2.57 bits per heavy atom. The number of carboxylic acid groups (broad SMARTS) is 1. The molecule has 2 N–H and O–H groups in total. The summed E-state index contributed by atoms with van der Waals surface area (Å²) in [5, 5.41) is 12.3. The van der Waals surface area contributed by atoms with E-state index in [1.165, 1.54) is 6.20 Å². The van der Waals surface area contributed by atoms with E-state index in [0.29, 0.717) is 17.3 Å². The van der Waals surface area contributed by atoms with Gasteiger partial charge in [-0.15, -0.1) is 0 Å². The maximum atomic E-state index is 12.1. The van der Waals surface area contributed by atoms with Crippen LogP contribution in [0.5, 0.6) is 0 Å². The molecule has 114 valence electrons. The summed E-state index contributed by atoms with van der Waals surface area (Å²) < 4.78 is 0. The van der Waals surface area contributed by atoms with E-state index in [1.807, 2.05) is 0 Å². The van der Waals surface area contributed by atoms with Gasteiger partial charge in [-0.05, 0) is 30.4 Å². The highest BCUT2D eigenvalue weighted by molar-refractivity contribution is 6.29. The smallest absolute Gasteiger partial charge is 0.303 e. The van der Waals surface area contributed by atoms with Crippen LogP contribution in [0.3, 0.4) is 0 Å². The first-order valence-electron chi connectivity index (χ1n) is 7.12. The first-order valence-corrected chi connectivity index (χ1v) is 7.50. The van der Waals surface area contributed by atoms with Crippen LogP contribution >= 0.6 is 11.6 Å². The minimum atomic E-state index is -0.806. The van der Waals surface area contributed by atoms with E-state index in [1.54, 1.807) is 12.1 Å². The molecule has 1 aromatic rings. The van der Waals surface area contributed by atoms with Gasteiger partial charge in [0.05, 0.1) is 12.0 Å². The fourth-order valence-corrected chi connectivity index (χ4v) is 3.03. The van der Waals surface area contributed by atoms with Crippen molar-refractivity contribution >= 4 is 23.5 Å². The van der Waals surface area contributed by atoms with Crippen molar-refractivity contribution in [3.63, 3.8) is 0 Å². The van der Waals surface area contributed by atoms with Gasteiger partial charge in [-0.1, -0.05) is 30.9 Å². The van der Waals surface area contributed by atoms with Crippen LogP contribution in [0, 0.1) is 5.41 Å². The predicted octanol–water partition coefficient (Wildman–Crippen LogP) is 2.89. The highest BCUT2D eigenvalue weighted by Gasteiger charge is 2.34. The summed E-state index contributed by atoms with van der Waals surface area (Å²) in [4.78, 5) is 27.0. The van der Waals surface area contributed by atoms with E-state index in [0.717, 1.165) is 32.1 Å². The summed E-state index contributed by atoms with van der Waals surface area (Å²) in [5.41, 5.74) is 0.111. The number of pyridine rings is 1. The Labute approximate surface area is 128 Å². The Morgan fingerprint density at radius 2 is 2.00 bits per heavy atom. The summed E-state index contributed by atoms with van der Waals surface area (Å²) in [6.45, 7) is 0.390. The number of carbonyl (C=O) groups excluding carboxylic acids is 1. The van der Waals surface area contributed by atoms with E-state index in [9.17, 15) is 9.59 Å². The molecule has 0 saturated heterocycles. The molecule has 0 aliphatic heterocycles. The van der Waals surface area contributed by atoms with Crippen LogP contribution in [0.2, 0.25) is 5.15 Å². The highest BCUT2D eigenvalue weighted by Crippen LogP contribution is 2.38. The molecule has 1 fully saturated rings. The first-order chi connectivity index (χ1) is 10.0. The lowest BCUT2D eigenvalue weighted by Gasteiger charge is -2.36. The van der Waals surface area contributed by atoms with Gasteiger partial charge in [0.15, 0.2) is 0 Å². The molecule has 0 radical (unpaired) electrons. The van der Waals surface area contributed by atoms with Gasteiger partial charge in [0.1, 0.15) is 5.15 Å². The van der Waals surface area contributed by atoms with Crippen molar-refractivity contribution in [3.8, 4) is 0 Å². The molecule has 0 unspecified atom stereocenters. The van der Waals surface area contributed by atoms with Crippen LogP contribution in [0.1, 0.15) is 48.9 Å². The van der Waals surface area contributed by atoms with Crippen molar-refractivity contribution < 1.29 is 14.7 Å². The van der Waals surface area contributed by atoms with E-state index in [-0.39, 0.29) is 17.7 Å². The lowest BCUT2D eigenvalue weighted by atomic mass is 9.71. The Balaban J connectivity index is 1.99. The lowest BCUT2D eigenvalue weighted by molar-refractivity contribution is -0.140. The molecule has 2 rings (SSSR count).